The Morgan fingerprint density at radius 3 is 2.45 bits per heavy atom. The number of hydrogen-bond donors (Lipinski definition) is 2. The highest BCUT2D eigenvalue weighted by molar-refractivity contribution is 5.78. The molecule has 8 heteroatoms. The second-order valence-corrected chi connectivity index (χ2v) is 7.52. The van der Waals surface area contributed by atoms with Gasteiger partial charge in [0.1, 0.15) is 11.3 Å². The van der Waals surface area contributed by atoms with Crippen molar-refractivity contribution >= 4 is 22.8 Å². The van der Waals surface area contributed by atoms with Gasteiger partial charge in [-0.15, -0.1) is 0 Å². The number of imidazole rings is 1. The maximum atomic E-state index is 8.99. The maximum Gasteiger partial charge on any atom is 0.250 e. The molecule has 0 saturated carbocycles. The monoisotopic (exact) mass is 433 g/mol. The molecule has 5 aromatic rings. The number of nitrogens with one attached hydrogen (secondary N) is 2. The van der Waals surface area contributed by atoms with Crippen LogP contribution in [0.2, 0.25) is 0 Å². The van der Waals surface area contributed by atoms with Gasteiger partial charge in [-0.25, -0.2) is 4.98 Å². The Bertz CT molecular complexity index is 1460. The van der Waals surface area contributed by atoms with Gasteiger partial charge in [0, 0.05) is 17.4 Å². The third kappa shape index (κ3) is 4.07. The summed E-state index contributed by atoms with van der Waals surface area (Å²) in [6, 6.07) is 19.1. The first-order chi connectivity index (χ1) is 16.1. The molecule has 0 spiro atoms. The number of hydrogen-bond acceptors (Lipinski definition) is 7. The van der Waals surface area contributed by atoms with Crippen molar-refractivity contribution in [3.05, 3.63) is 83.8 Å². The number of aryl methyl sites for hydroxylation is 2. The fourth-order valence-electron chi connectivity index (χ4n) is 3.58. The van der Waals surface area contributed by atoms with Crippen LogP contribution in [-0.2, 0) is 0 Å². The lowest BCUT2D eigenvalue weighted by molar-refractivity contribution is 0.461. The molecule has 33 heavy (non-hydrogen) atoms. The van der Waals surface area contributed by atoms with Crippen LogP contribution in [0.15, 0.2) is 67.1 Å². The number of pyridine rings is 1. The van der Waals surface area contributed by atoms with Gasteiger partial charge in [0.2, 0.25) is 5.95 Å². The summed E-state index contributed by atoms with van der Waals surface area (Å²) in [6.45, 7) is 3.99. The van der Waals surface area contributed by atoms with Crippen molar-refractivity contribution in [3.8, 4) is 29.0 Å². The van der Waals surface area contributed by atoms with E-state index in [1.54, 1.807) is 36.8 Å². The molecule has 0 aliphatic rings. The van der Waals surface area contributed by atoms with Gasteiger partial charge in [-0.05, 0) is 73.5 Å². The molecule has 0 aliphatic carbocycles. The van der Waals surface area contributed by atoms with Gasteiger partial charge in [0.25, 0.3) is 5.88 Å². The Hall–Kier alpha value is -4.77. The Morgan fingerprint density at radius 1 is 0.970 bits per heavy atom. The van der Waals surface area contributed by atoms with E-state index < -0.39 is 0 Å². The first kappa shape index (κ1) is 20.2. The zero-order valence-corrected chi connectivity index (χ0v) is 18.0. The van der Waals surface area contributed by atoms with Crippen molar-refractivity contribution in [2.45, 2.75) is 13.8 Å². The molecule has 0 atom stereocenters. The van der Waals surface area contributed by atoms with Crippen molar-refractivity contribution in [2.75, 3.05) is 5.32 Å². The highest BCUT2D eigenvalue weighted by atomic mass is 16.5. The molecular weight excluding hydrogens is 414 g/mol. The van der Waals surface area contributed by atoms with Crippen molar-refractivity contribution < 1.29 is 4.74 Å². The number of H-pyrrole nitrogens is 1. The molecule has 0 bridgehead atoms. The Balaban J connectivity index is 1.50. The number of aromatic amines is 1. The van der Waals surface area contributed by atoms with E-state index in [9.17, 15) is 0 Å². The Kier molecular flexibility index (Phi) is 5.13. The summed E-state index contributed by atoms with van der Waals surface area (Å²) < 4.78 is 6.29. The average molecular weight is 433 g/mol. The van der Waals surface area contributed by atoms with E-state index in [4.69, 9.17) is 10.00 Å². The number of nitriles is 1. The molecule has 8 nitrogen and oxygen atoms in total. The van der Waals surface area contributed by atoms with Crippen LogP contribution in [0.3, 0.4) is 0 Å². The number of aromatic nitrogens is 5. The first-order valence-electron chi connectivity index (χ1n) is 10.3. The molecule has 0 fully saturated rings. The van der Waals surface area contributed by atoms with Crippen LogP contribution in [0.25, 0.3) is 22.4 Å². The van der Waals surface area contributed by atoms with Gasteiger partial charge in [0.05, 0.1) is 23.7 Å². The van der Waals surface area contributed by atoms with Crippen LogP contribution < -0.4 is 10.1 Å². The molecule has 160 valence electrons. The number of ether oxygens (including phenoxy) is 1. The summed E-state index contributed by atoms with van der Waals surface area (Å²) in [5, 5.41) is 12.1. The van der Waals surface area contributed by atoms with E-state index in [2.05, 4.69) is 36.3 Å². The van der Waals surface area contributed by atoms with Crippen LogP contribution in [0.5, 0.6) is 11.6 Å². The Morgan fingerprint density at radius 2 is 1.76 bits per heavy atom. The number of rotatable bonds is 5. The minimum Gasteiger partial charge on any atom is -0.436 e. The zero-order chi connectivity index (χ0) is 22.8. The number of anilines is 2. The maximum absolute atomic E-state index is 8.99. The normalized spacial score (nSPS) is 10.7. The zero-order valence-electron chi connectivity index (χ0n) is 18.0. The highest BCUT2D eigenvalue weighted by Crippen LogP contribution is 2.34. The van der Waals surface area contributed by atoms with Crippen LogP contribution in [0.1, 0.15) is 16.7 Å². The molecule has 5 rings (SSSR count). The molecule has 2 aromatic carbocycles. The fraction of sp³-hybridized carbons (Fsp3) is 0.0800. The van der Waals surface area contributed by atoms with Crippen LogP contribution in [0, 0.1) is 25.2 Å². The molecule has 2 N–H and O–H groups in total. The van der Waals surface area contributed by atoms with Crippen molar-refractivity contribution in [3.63, 3.8) is 0 Å². The van der Waals surface area contributed by atoms with Gasteiger partial charge in [0.15, 0.2) is 5.65 Å². The molecule has 3 heterocycles. The number of fused-ring (bicyclic) bond motifs is 1. The van der Waals surface area contributed by atoms with Crippen LogP contribution >= 0.6 is 0 Å². The molecule has 3 aromatic heterocycles. The van der Waals surface area contributed by atoms with E-state index in [0.717, 1.165) is 28.1 Å². The Labute approximate surface area is 190 Å². The lowest BCUT2D eigenvalue weighted by Gasteiger charge is -2.14. The van der Waals surface area contributed by atoms with Gasteiger partial charge in [-0.2, -0.15) is 15.2 Å². The fourth-order valence-corrected chi connectivity index (χ4v) is 3.58. The predicted octanol–water partition coefficient (Wildman–Crippen LogP) is 5.44. The quantitative estimate of drug-likeness (QED) is 0.379. The molecule has 0 radical (unpaired) electrons. The summed E-state index contributed by atoms with van der Waals surface area (Å²) >= 11 is 0. The highest BCUT2D eigenvalue weighted by Gasteiger charge is 2.16. The molecule has 0 saturated heterocycles. The summed E-state index contributed by atoms with van der Waals surface area (Å²) in [5.41, 5.74) is 6.27. The summed E-state index contributed by atoms with van der Waals surface area (Å²) in [6.07, 6.45) is 3.34. The van der Waals surface area contributed by atoms with Gasteiger partial charge in [-0.3, -0.25) is 4.98 Å². The summed E-state index contributed by atoms with van der Waals surface area (Å²) in [5.74, 6) is 1.42. The molecule has 0 unspecified atom stereocenters. The van der Waals surface area contributed by atoms with Gasteiger partial charge < -0.3 is 15.0 Å². The lowest BCUT2D eigenvalue weighted by Crippen LogP contribution is -2.01. The van der Waals surface area contributed by atoms with E-state index in [0.29, 0.717) is 34.3 Å². The molecule has 0 amide bonds. The third-order valence-electron chi connectivity index (χ3n) is 5.14. The third-order valence-corrected chi connectivity index (χ3v) is 5.14. The van der Waals surface area contributed by atoms with Crippen molar-refractivity contribution in [1.82, 2.24) is 24.9 Å². The molecular formula is C25H19N7O. The van der Waals surface area contributed by atoms with E-state index in [1.165, 1.54) is 0 Å². The van der Waals surface area contributed by atoms with Crippen LogP contribution in [0.4, 0.5) is 11.6 Å². The van der Waals surface area contributed by atoms with E-state index >= 15 is 0 Å². The minimum absolute atomic E-state index is 0.342. The predicted molar refractivity (Wildman–Crippen MR) is 125 cm³/mol. The number of nitrogens with zero attached hydrogens (tertiary/aromatic N) is 5. The summed E-state index contributed by atoms with van der Waals surface area (Å²) in [7, 11) is 0. The van der Waals surface area contributed by atoms with Crippen molar-refractivity contribution in [1.29, 1.82) is 5.26 Å². The lowest BCUT2D eigenvalue weighted by atomic mass is 10.0. The second-order valence-electron chi connectivity index (χ2n) is 7.52. The largest absolute Gasteiger partial charge is 0.436 e. The van der Waals surface area contributed by atoms with Gasteiger partial charge in [-0.1, -0.05) is 6.07 Å². The number of benzene rings is 2. The minimum atomic E-state index is 0.342. The van der Waals surface area contributed by atoms with Crippen LogP contribution in [-0.4, -0.2) is 24.9 Å². The molecule has 0 aliphatic heterocycles. The topological polar surface area (TPSA) is 112 Å². The first-order valence-corrected chi connectivity index (χ1v) is 10.3. The van der Waals surface area contributed by atoms with Crippen molar-refractivity contribution in [2.24, 2.45) is 0 Å². The van der Waals surface area contributed by atoms with E-state index in [1.807, 2.05) is 44.2 Å². The van der Waals surface area contributed by atoms with Gasteiger partial charge >= 0.3 is 0 Å². The summed E-state index contributed by atoms with van der Waals surface area (Å²) in [4.78, 5) is 20.8. The smallest absolute Gasteiger partial charge is 0.250 e. The standard InChI is InChI=1S/C25H19N7O/c1-15-11-18(20-5-3-4-10-27-20)12-16(2)22(15)33-24-21-23(29-14-28-21)31-25(32-24)30-19-8-6-17(13-26)7-9-19/h3-12,14H,1-2H3,(H2,28,29,30,31,32). The van der Waals surface area contributed by atoms with E-state index in [-0.39, 0.29) is 0 Å². The SMILES string of the molecule is Cc1cc(-c2ccccn2)cc(C)c1Oc1nc(Nc2ccc(C#N)cc2)nc2nc[nH]c12. The second kappa shape index (κ2) is 8.40. The average Bonchev–Trinajstić information content (AvgIpc) is 3.31.